The van der Waals surface area contributed by atoms with Crippen molar-refractivity contribution >= 4 is 0 Å². The van der Waals surface area contributed by atoms with Crippen molar-refractivity contribution in [2.45, 2.75) is 34.1 Å². The molecule has 0 aromatic heterocycles. The van der Waals surface area contributed by atoms with E-state index in [-0.39, 0.29) is 11.2 Å². The van der Waals surface area contributed by atoms with E-state index in [1.165, 1.54) is 7.11 Å². The molecule has 0 fully saturated rings. The van der Waals surface area contributed by atoms with Gasteiger partial charge in [-0.05, 0) is 42.5 Å². The molecule has 0 aliphatic heterocycles. The summed E-state index contributed by atoms with van der Waals surface area (Å²) in [7, 11) is 1.50. The lowest BCUT2D eigenvalue weighted by Gasteiger charge is -2.31. The minimum atomic E-state index is -0.226. The maximum Gasteiger partial charge on any atom is 0.168 e. The topological polar surface area (TPSA) is 21.3 Å². The summed E-state index contributed by atoms with van der Waals surface area (Å²) >= 11 is 0. The number of halogens is 1. The number of hydrogen-bond acceptors (Lipinski definition) is 2. The third-order valence-electron chi connectivity index (χ3n) is 3.59. The minimum absolute atomic E-state index is 0.137. The van der Waals surface area contributed by atoms with Crippen LogP contribution in [0.1, 0.15) is 33.3 Å². The van der Waals surface area contributed by atoms with Crippen LogP contribution in [0.4, 0.5) is 4.39 Å². The van der Waals surface area contributed by atoms with E-state index >= 15 is 0 Å². The van der Waals surface area contributed by atoms with Crippen LogP contribution in [0.2, 0.25) is 0 Å². The highest BCUT2D eigenvalue weighted by Gasteiger charge is 2.25. The van der Waals surface area contributed by atoms with Gasteiger partial charge in [-0.3, -0.25) is 0 Å². The SMILES string of the molecule is CCNCC(Cc1cccc(OC)c1F)C(C)(C)C. The summed E-state index contributed by atoms with van der Waals surface area (Å²) < 4.78 is 19.2. The lowest BCUT2D eigenvalue weighted by atomic mass is 9.77. The fraction of sp³-hybridized carbons (Fsp3) is 0.625. The van der Waals surface area contributed by atoms with E-state index in [1.807, 2.05) is 12.1 Å². The minimum Gasteiger partial charge on any atom is -0.494 e. The van der Waals surface area contributed by atoms with Gasteiger partial charge >= 0.3 is 0 Å². The van der Waals surface area contributed by atoms with E-state index in [4.69, 9.17) is 4.74 Å². The summed E-state index contributed by atoms with van der Waals surface area (Å²) in [4.78, 5) is 0. The predicted octanol–water partition coefficient (Wildman–Crippen LogP) is 3.65. The molecule has 0 saturated heterocycles. The lowest BCUT2D eigenvalue weighted by Crippen LogP contribution is -2.33. The molecular weight excluding hydrogens is 241 g/mol. The molecule has 0 aliphatic carbocycles. The van der Waals surface area contributed by atoms with Gasteiger partial charge in [-0.15, -0.1) is 0 Å². The van der Waals surface area contributed by atoms with Gasteiger partial charge in [0.2, 0.25) is 0 Å². The van der Waals surface area contributed by atoms with Crippen molar-refractivity contribution < 1.29 is 9.13 Å². The molecule has 3 heteroatoms. The highest BCUT2D eigenvalue weighted by Crippen LogP contribution is 2.31. The molecule has 2 nitrogen and oxygen atoms in total. The Morgan fingerprint density at radius 2 is 2.00 bits per heavy atom. The number of ether oxygens (including phenoxy) is 1. The Morgan fingerprint density at radius 3 is 2.53 bits per heavy atom. The zero-order valence-corrected chi connectivity index (χ0v) is 12.7. The Hall–Kier alpha value is -1.09. The van der Waals surface area contributed by atoms with Gasteiger partial charge in [-0.25, -0.2) is 4.39 Å². The number of hydrogen-bond donors (Lipinski definition) is 1. The summed E-state index contributed by atoms with van der Waals surface area (Å²) in [6.07, 6.45) is 0.722. The van der Waals surface area contributed by atoms with Gasteiger partial charge in [0.05, 0.1) is 7.11 Å². The summed E-state index contributed by atoms with van der Waals surface area (Å²) in [6.45, 7) is 10.5. The van der Waals surface area contributed by atoms with Crippen molar-refractivity contribution in [3.8, 4) is 5.75 Å². The molecule has 0 heterocycles. The third kappa shape index (κ3) is 4.50. The molecule has 1 aromatic rings. The second-order valence-corrected chi connectivity index (χ2v) is 6.01. The molecular formula is C16H26FNO. The molecule has 1 N–H and O–H groups in total. The predicted molar refractivity (Wildman–Crippen MR) is 78.1 cm³/mol. The van der Waals surface area contributed by atoms with Crippen molar-refractivity contribution in [1.82, 2.24) is 5.32 Å². The van der Waals surface area contributed by atoms with Crippen LogP contribution in [0.5, 0.6) is 5.75 Å². The van der Waals surface area contributed by atoms with Crippen LogP contribution >= 0.6 is 0 Å². The average Bonchev–Trinajstić information content (AvgIpc) is 2.35. The number of nitrogens with one attached hydrogen (secondary N) is 1. The molecule has 0 spiro atoms. The second-order valence-electron chi connectivity index (χ2n) is 6.01. The number of methoxy groups -OCH3 is 1. The first-order valence-electron chi connectivity index (χ1n) is 6.92. The van der Waals surface area contributed by atoms with Crippen molar-refractivity contribution in [1.29, 1.82) is 0 Å². The molecule has 0 amide bonds. The highest BCUT2D eigenvalue weighted by molar-refractivity contribution is 5.31. The first-order chi connectivity index (χ1) is 8.90. The molecule has 108 valence electrons. The Labute approximate surface area is 116 Å². The fourth-order valence-corrected chi connectivity index (χ4v) is 2.14. The Bertz CT molecular complexity index is 398. The zero-order valence-electron chi connectivity index (χ0n) is 12.7. The second kappa shape index (κ2) is 6.90. The van der Waals surface area contributed by atoms with Crippen LogP contribution in [0.15, 0.2) is 18.2 Å². The maximum atomic E-state index is 14.2. The van der Waals surface area contributed by atoms with Gasteiger partial charge in [0.1, 0.15) is 0 Å². The molecule has 19 heavy (non-hydrogen) atoms. The van der Waals surface area contributed by atoms with E-state index in [0.29, 0.717) is 11.7 Å². The van der Waals surface area contributed by atoms with E-state index in [2.05, 4.69) is 33.0 Å². The third-order valence-corrected chi connectivity index (χ3v) is 3.59. The smallest absolute Gasteiger partial charge is 0.168 e. The molecule has 0 aliphatic rings. The Morgan fingerprint density at radius 1 is 1.32 bits per heavy atom. The van der Waals surface area contributed by atoms with E-state index in [0.717, 1.165) is 25.1 Å². The Kier molecular flexibility index (Phi) is 5.80. The summed E-state index contributed by atoms with van der Waals surface area (Å²) in [6, 6.07) is 5.36. The van der Waals surface area contributed by atoms with Crippen LogP contribution in [0, 0.1) is 17.2 Å². The molecule has 1 rings (SSSR count). The molecule has 1 atom stereocenters. The quantitative estimate of drug-likeness (QED) is 0.849. The van der Waals surface area contributed by atoms with Crippen LogP contribution in [0.3, 0.4) is 0 Å². The van der Waals surface area contributed by atoms with Crippen LogP contribution in [0.25, 0.3) is 0 Å². The zero-order chi connectivity index (χ0) is 14.5. The number of benzene rings is 1. The molecule has 1 aromatic carbocycles. The van der Waals surface area contributed by atoms with Crippen LogP contribution in [-0.2, 0) is 6.42 Å². The largest absolute Gasteiger partial charge is 0.494 e. The van der Waals surface area contributed by atoms with Crippen molar-refractivity contribution in [3.05, 3.63) is 29.6 Å². The van der Waals surface area contributed by atoms with Gasteiger partial charge in [-0.1, -0.05) is 39.8 Å². The molecule has 0 saturated carbocycles. The van der Waals surface area contributed by atoms with E-state index in [1.54, 1.807) is 6.07 Å². The normalized spacial score (nSPS) is 13.4. The van der Waals surface area contributed by atoms with Gasteiger partial charge in [0.15, 0.2) is 11.6 Å². The van der Waals surface area contributed by atoms with Crippen molar-refractivity contribution in [3.63, 3.8) is 0 Å². The summed E-state index contributed by atoms with van der Waals surface area (Å²) in [5.41, 5.74) is 0.870. The summed E-state index contributed by atoms with van der Waals surface area (Å²) in [5.74, 6) is 0.485. The van der Waals surface area contributed by atoms with Crippen LogP contribution < -0.4 is 10.1 Å². The number of rotatable bonds is 6. The van der Waals surface area contributed by atoms with E-state index in [9.17, 15) is 4.39 Å². The van der Waals surface area contributed by atoms with Gasteiger partial charge in [0, 0.05) is 0 Å². The standard InChI is InChI=1S/C16H26FNO/c1-6-18-11-13(16(2,3)4)10-12-8-7-9-14(19-5)15(12)17/h7-9,13,18H,6,10-11H2,1-5H3. The van der Waals surface area contributed by atoms with Gasteiger partial charge in [0.25, 0.3) is 0 Å². The first kappa shape index (κ1) is 16.0. The van der Waals surface area contributed by atoms with Crippen molar-refractivity contribution in [2.75, 3.05) is 20.2 Å². The summed E-state index contributed by atoms with van der Waals surface area (Å²) in [5, 5.41) is 3.37. The fourth-order valence-electron chi connectivity index (χ4n) is 2.14. The Balaban J connectivity index is 2.90. The molecule has 0 radical (unpaired) electrons. The average molecular weight is 267 g/mol. The monoisotopic (exact) mass is 267 g/mol. The first-order valence-corrected chi connectivity index (χ1v) is 6.92. The lowest BCUT2D eigenvalue weighted by molar-refractivity contribution is 0.229. The van der Waals surface area contributed by atoms with Gasteiger partial charge < -0.3 is 10.1 Å². The molecule has 0 bridgehead atoms. The van der Waals surface area contributed by atoms with Gasteiger partial charge in [-0.2, -0.15) is 0 Å². The molecule has 1 unspecified atom stereocenters. The van der Waals surface area contributed by atoms with E-state index < -0.39 is 0 Å². The highest BCUT2D eigenvalue weighted by atomic mass is 19.1. The van der Waals surface area contributed by atoms with Crippen LogP contribution in [-0.4, -0.2) is 20.2 Å². The maximum absolute atomic E-state index is 14.2. The van der Waals surface area contributed by atoms with Crippen molar-refractivity contribution in [2.24, 2.45) is 11.3 Å².